The van der Waals surface area contributed by atoms with Crippen molar-refractivity contribution in [2.75, 3.05) is 18.8 Å². The molecule has 0 radical (unpaired) electrons. The molecule has 2 fully saturated rings. The summed E-state index contributed by atoms with van der Waals surface area (Å²) in [5.74, 6) is 0.0212. The minimum atomic E-state index is -3.18. The van der Waals surface area contributed by atoms with E-state index in [1.165, 1.54) is 0 Å². The molecule has 0 aromatic carbocycles. The van der Waals surface area contributed by atoms with Gasteiger partial charge in [0.2, 0.25) is 5.91 Å². The zero-order valence-corrected chi connectivity index (χ0v) is 15.4. The number of nitrogens with one attached hydrogen (secondary N) is 3. The van der Waals surface area contributed by atoms with Crippen LogP contribution in [0.25, 0.3) is 0 Å². The van der Waals surface area contributed by atoms with Gasteiger partial charge in [-0.1, -0.05) is 19.3 Å². The second-order valence-electron chi connectivity index (χ2n) is 6.92. The first kappa shape index (κ1) is 20.0. The second kappa shape index (κ2) is 9.38. The molecule has 2 heterocycles. The number of fused-ring (bicyclic) bond motifs is 1. The van der Waals surface area contributed by atoms with Gasteiger partial charge in [-0.25, -0.2) is 13.2 Å². The van der Waals surface area contributed by atoms with E-state index in [2.05, 4.69) is 16.0 Å². The highest BCUT2D eigenvalue weighted by molar-refractivity contribution is 7.92. The van der Waals surface area contributed by atoms with Crippen LogP contribution in [0.5, 0.6) is 0 Å². The number of nitrogens with two attached hydrogens (primary N) is 1. The maximum atomic E-state index is 12.2. The fraction of sp³-hybridized carbons (Fsp3) is 0.875. The standard InChI is InChI=1S/C16H30N4O4S/c17-9-5-1-2-6-10-18-14(21)8-4-3-7-13-15-12(11-25(13,23)24)19-16(22)20-15/h12-13,15H,1-11,17H2,(H,18,21)(H2,19,20,22)/t12?,13-,15-/m0/s1. The number of hydrogen-bond donors (Lipinski definition) is 4. The predicted octanol–water partition coefficient (Wildman–Crippen LogP) is 0.0291. The van der Waals surface area contributed by atoms with Crippen molar-refractivity contribution in [2.24, 2.45) is 5.73 Å². The normalized spacial score (nSPS) is 26.8. The van der Waals surface area contributed by atoms with Gasteiger partial charge in [0.25, 0.3) is 0 Å². The van der Waals surface area contributed by atoms with E-state index in [-0.39, 0.29) is 29.8 Å². The highest BCUT2D eigenvalue weighted by atomic mass is 32.2. The van der Waals surface area contributed by atoms with Gasteiger partial charge < -0.3 is 21.7 Å². The number of unbranched alkanes of at least 4 members (excludes halogenated alkanes) is 4. The zero-order valence-electron chi connectivity index (χ0n) is 14.6. The Labute approximate surface area is 149 Å². The van der Waals surface area contributed by atoms with Gasteiger partial charge in [-0.3, -0.25) is 4.79 Å². The Morgan fingerprint density at radius 3 is 2.64 bits per heavy atom. The predicted molar refractivity (Wildman–Crippen MR) is 95.8 cm³/mol. The molecular weight excluding hydrogens is 344 g/mol. The summed E-state index contributed by atoms with van der Waals surface area (Å²) in [6.45, 7) is 1.40. The molecule has 0 aromatic rings. The molecule has 25 heavy (non-hydrogen) atoms. The van der Waals surface area contributed by atoms with Crippen molar-refractivity contribution in [3.8, 4) is 0 Å². The first-order chi connectivity index (χ1) is 11.9. The van der Waals surface area contributed by atoms with Crippen molar-refractivity contribution >= 4 is 21.8 Å². The monoisotopic (exact) mass is 374 g/mol. The lowest BCUT2D eigenvalue weighted by molar-refractivity contribution is -0.121. The largest absolute Gasteiger partial charge is 0.356 e. The Kier molecular flexibility index (Phi) is 7.49. The van der Waals surface area contributed by atoms with Gasteiger partial charge in [0.05, 0.1) is 23.1 Å². The van der Waals surface area contributed by atoms with E-state index >= 15 is 0 Å². The molecule has 1 unspecified atom stereocenters. The molecule has 2 aliphatic rings. The summed E-state index contributed by atoms with van der Waals surface area (Å²) in [4.78, 5) is 23.1. The minimum Gasteiger partial charge on any atom is -0.356 e. The number of hydrogen-bond acceptors (Lipinski definition) is 5. The molecular formula is C16H30N4O4S. The quantitative estimate of drug-likeness (QED) is 0.299. The Hall–Kier alpha value is -1.35. The molecule has 2 saturated heterocycles. The van der Waals surface area contributed by atoms with Gasteiger partial charge in [-0.15, -0.1) is 0 Å². The summed E-state index contributed by atoms with van der Waals surface area (Å²) >= 11 is 0. The van der Waals surface area contributed by atoms with Crippen LogP contribution in [0.2, 0.25) is 0 Å². The molecule has 0 bridgehead atoms. The van der Waals surface area contributed by atoms with Crippen molar-refractivity contribution in [1.29, 1.82) is 0 Å². The van der Waals surface area contributed by atoms with Gasteiger partial charge in [0.15, 0.2) is 9.84 Å². The van der Waals surface area contributed by atoms with E-state index in [0.29, 0.717) is 38.8 Å². The van der Waals surface area contributed by atoms with Crippen LogP contribution in [-0.4, -0.2) is 56.5 Å². The van der Waals surface area contributed by atoms with E-state index < -0.39 is 15.1 Å². The summed E-state index contributed by atoms with van der Waals surface area (Å²) in [5, 5.41) is 7.71. The Balaban J connectivity index is 1.59. The maximum absolute atomic E-state index is 12.2. The lowest BCUT2D eigenvalue weighted by Gasteiger charge is -2.16. The summed E-state index contributed by atoms with van der Waals surface area (Å²) < 4.78 is 24.4. The fourth-order valence-corrected chi connectivity index (χ4v) is 5.84. The molecule has 144 valence electrons. The number of urea groups is 1. The Morgan fingerprint density at radius 2 is 1.88 bits per heavy atom. The third kappa shape index (κ3) is 5.85. The van der Waals surface area contributed by atoms with E-state index in [1.807, 2.05) is 0 Å². The molecule has 8 nitrogen and oxygen atoms in total. The molecule has 3 amide bonds. The summed E-state index contributed by atoms with van der Waals surface area (Å²) in [7, 11) is -3.18. The van der Waals surface area contributed by atoms with E-state index in [1.54, 1.807) is 0 Å². The third-order valence-corrected chi connectivity index (χ3v) is 7.19. The molecule has 3 atom stereocenters. The Morgan fingerprint density at radius 1 is 1.12 bits per heavy atom. The van der Waals surface area contributed by atoms with Crippen molar-refractivity contribution in [2.45, 2.75) is 68.7 Å². The molecule has 9 heteroatoms. The van der Waals surface area contributed by atoms with Gasteiger partial charge in [0, 0.05) is 13.0 Å². The fourth-order valence-electron chi connectivity index (χ4n) is 3.58. The highest BCUT2D eigenvalue weighted by Crippen LogP contribution is 2.28. The average Bonchev–Trinajstić information content (AvgIpc) is 2.99. The average molecular weight is 375 g/mol. The van der Waals surface area contributed by atoms with E-state index in [4.69, 9.17) is 5.73 Å². The van der Waals surface area contributed by atoms with Crippen LogP contribution < -0.4 is 21.7 Å². The highest BCUT2D eigenvalue weighted by Gasteiger charge is 2.51. The van der Waals surface area contributed by atoms with Crippen molar-refractivity contribution in [1.82, 2.24) is 16.0 Å². The lowest BCUT2D eigenvalue weighted by Crippen LogP contribution is -2.39. The molecule has 0 aromatic heterocycles. The molecule has 0 spiro atoms. The van der Waals surface area contributed by atoms with Crippen LogP contribution in [0.1, 0.15) is 51.4 Å². The van der Waals surface area contributed by atoms with Gasteiger partial charge in [-0.05, 0) is 32.2 Å². The van der Waals surface area contributed by atoms with Crippen LogP contribution in [0.3, 0.4) is 0 Å². The maximum Gasteiger partial charge on any atom is 0.315 e. The second-order valence-corrected chi connectivity index (χ2v) is 9.18. The van der Waals surface area contributed by atoms with Gasteiger partial charge in [-0.2, -0.15) is 0 Å². The van der Waals surface area contributed by atoms with Crippen molar-refractivity contribution < 1.29 is 18.0 Å². The van der Waals surface area contributed by atoms with Crippen LogP contribution in [0.15, 0.2) is 0 Å². The van der Waals surface area contributed by atoms with Crippen LogP contribution >= 0.6 is 0 Å². The van der Waals surface area contributed by atoms with Crippen LogP contribution in [0.4, 0.5) is 4.79 Å². The number of amides is 3. The van der Waals surface area contributed by atoms with E-state index in [9.17, 15) is 18.0 Å². The number of sulfone groups is 1. The lowest BCUT2D eigenvalue weighted by atomic mass is 10.0. The topological polar surface area (TPSA) is 130 Å². The van der Waals surface area contributed by atoms with Crippen LogP contribution in [0, 0.1) is 0 Å². The Bertz CT molecular complexity index is 566. The minimum absolute atomic E-state index is 0.00567. The van der Waals surface area contributed by atoms with Gasteiger partial charge >= 0.3 is 6.03 Å². The molecule has 2 aliphatic heterocycles. The molecule has 0 aliphatic carbocycles. The first-order valence-electron chi connectivity index (χ1n) is 9.19. The third-order valence-electron chi connectivity index (χ3n) is 4.92. The smallest absolute Gasteiger partial charge is 0.315 e. The van der Waals surface area contributed by atoms with Crippen molar-refractivity contribution in [3.05, 3.63) is 0 Å². The molecule has 5 N–H and O–H groups in total. The van der Waals surface area contributed by atoms with E-state index in [0.717, 1.165) is 25.7 Å². The van der Waals surface area contributed by atoms with Crippen LogP contribution in [-0.2, 0) is 14.6 Å². The van der Waals surface area contributed by atoms with Crippen molar-refractivity contribution in [3.63, 3.8) is 0 Å². The molecule has 2 rings (SSSR count). The SMILES string of the molecule is NCCCCCCNC(=O)CCCC[C@H]1[C@H]2NC(=O)NC2CS1(=O)=O. The zero-order chi connectivity index (χ0) is 18.3. The number of carbonyl (C=O) groups excluding carboxylic acids is 2. The summed E-state index contributed by atoms with van der Waals surface area (Å²) in [6, 6.07) is -0.939. The number of carbonyl (C=O) groups is 2. The summed E-state index contributed by atoms with van der Waals surface area (Å²) in [6.07, 6.45) is 6.36. The first-order valence-corrected chi connectivity index (χ1v) is 10.9. The summed E-state index contributed by atoms with van der Waals surface area (Å²) in [5.41, 5.74) is 5.43. The molecule has 0 saturated carbocycles. The van der Waals surface area contributed by atoms with Gasteiger partial charge in [0.1, 0.15) is 0 Å². The number of rotatable bonds is 11.